The van der Waals surface area contributed by atoms with Crippen LogP contribution in [0.1, 0.15) is 18.1 Å². The number of rotatable bonds is 4. The maximum Gasteiger partial charge on any atom is 0.416 e. The minimum atomic E-state index is -4.64. The molecule has 11 heteroatoms. The summed E-state index contributed by atoms with van der Waals surface area (Å²) in [5.74, 6) is -2.39. The van der Waals surface area contributed by atoms with Crippen LogP contribution in [0.5, 0.6) is 11.5 Å². The van der Waals surface area contributed by atoms with Gasteiger partial charge < -0.3 is 15.2 Å². The number of alkyl halides is 3. The molecule has 0 bridgehead atoms. The van der Waals surface area contributed by atoms with Crippen molar-refractivity contribution in [2.75, 3.05) is 12.4 Å². The number of aromatic hydroxyl groups is 1. The quantitative estimate of drug-likeness (QED) is 0.393. The second-order valence-corrected chi connectivity index (χ2v) is 6.08. The van der Waals surface area contributed by atoms with Crippen LogP contribution in [-0.2, 0) is 15.8 Å². The van der Waals surface area contributed by atoms with Crippen LogP contribution in [-0.4, -0.2) is 29.7 Å². The third kappa shape index (κ3) is 5.61. The van der Waals surface area contributed by atoms with Crippen molar-refractivity contribution in [2.45, 2.75) is 13.1 Å². The number of nitrogens with zero attached hydrogens (tertiary/aromatic N) is 1. The van der Waals surface area contributed by atoms with Crippen molar-refractivity contribution in [1.29, 1.82) is 0 Å². The lowest BCUT2D eigenvalue weighted by Crippen LogP contribution is -2.33. The van der Waals surface area contributed by atoms with Gasteiger partial charge in [0.15, 0.2) is 11.5 Å². The molecule has 0 radical (unpaired) electrons. The molecule has 7 nitrogen and oxygen atoms in total. The number of hydrogen-bond acceptors (Lipinski definition) is 5. The molecule has 0 heterocycles. The third-order valence-electron chi connectivity index (χ3n) is 3.67. The molecule has 29 heavy (non-hydrogen) atoms. The average molecular weight is 430 g/mol. The zero-order valence-corrected chi connectivity index (χ0v) is 15.9. The monoisotopic (exact) mass is 429 g/mol. The Kier molecular flexibility index (Phi) is 6.70. The predicted octanol–water partition coefficient (Wildman–Crippen LogP) is 3.55. The molecule has 0 saturated heterocycles. The highest BCUT2D eigenvalue weighted by molar-refractivity contribution is 6.41. The van der Waals surface area contributed by atoms with Gasteiger partial charge in [0, 0.05) is 5.56 Å². The summed E-state index contributed by atoms with van der Waals surface area (Å²) in [6.07, 6.45) is -4.64. The minimum Gasteiger partial charge on any atom is -0.504 e. The largest absolute Gasteiger partial charge is 0.504 e. The van der Waals surface area contributed by atoms with E-state index in [1.807, 2.05) is 10.7 Å². The van der Waals surface area contributed by atoms with Gasteiger partial charge in [0.2, 0.25) is 0 Å². The Labute approximate surface area is 168 Å². The Bertz CT molecular complexity index is 977. The molecule has 2 aromatic carbocycles. The predicted molar refractivity (Wildman–Crippen MR) is 100 cm³/mol. The van der Waals surface area contributed by atoms with Crippen LogP contribution < -0.4 is 15.5 Å². The fourth-order valence-corrected chi connectivity index (χ4v) is 2.29. The van der Waals surface area contributed by atoms with E-state index >= 15 is 0 Å². The molecule has 3 N–H and O–H groups in total. The number of hydrogen-bond donors (Lipinski definition) is 3. The van der Waals surface area contributed by atoms with Gasteiger partial charge in [0.25, 0.3) is 0 Å². The van der Waals surface area contributed by atoms with E-state index in [-0.39, 0.29) is 27.9 Å². The van der Waals surface area contributed by atoms with Crippen molar-refractivity contribution in [1.82, 2.24) is 5.43 Å². The van der Waals surface area contributed by atoms with Gasteiger partial charge in [-0.2, -0.15) is 18.3 Å². The summed E-state index contributed by atoms with van der Waals surface area (Å²) in [5, 5.41) is 15.2. The van der Waals surface area contributed by atoms with Crippen molar-refractivity contribution >= 4 is 34.8 Å². The van der Waals surface area contributed by atoms with E-state index in [4.69, 9.17) is 16.3 Å². The van der Waals surface area contributed by atoms with E-state index in [1.165, 1.54) is 32.2 Å². The first kappa shape index (κ1) is 22.0. The van der Waals surface area contributed by atoms with E-state index in [0.717, 1.165) is 12.1 Å². The molecule has 0 aliphatic rings. The molecule has 0 aliphatic heterocycles. The smallest absolute Gasteiger partial charge is 0.416 e. The van der Waals surface area contributed by atoms with Gasteiger partial charge in [0.05, 0.1) is 29.1 Å². The number of anilines is 1. The molecule has 0 atom stereocenters. The van der Waals surface area contributed by atoms with Gasteiger partial charge >= 0.3 is 18.0 Å². The molecule has 0 aromatic heterocycles. The fourth-order valence-electron chi connectivity index (χ4n) is 2.13. The highest BCUT2D eigenvalue weighted by Gasteiger charge is 2.31. The number of carbonyl (C=O) groups is 2. The molecule has 0 spiro atoms. The van der Waals surface area contributed by atoms with Gasteiger partial charge in [0.1, 0.15) is 0 Å². The van der Waals surface area contributed by atoms with Crippen LogP contribution in [0.3, 0.4) is 0 Å². The van der Waals surface area contributed by atoms with Crippen LogP contribution in [0.25, 0.3) is 0 Å². The summed E-state index contributed by atoms with van der Waals surface area (Å²) in [7, 11) is 1.36. The molecule has 2 rings (SSSR count). The maximum atomic E-state index is 12.8. The number of benzene rings is 2. The zero-order valence-electron chi connectivity index (χ0n) is 15.1. The van der Waals surface area contributed by atoms with Crippen molar-refractivity contribution in [3.63, 3.8) is 0 Å². The summed E-state index contributed by atoms with van der Waals surface area (Å²) in [5.41, 5.74) is 1.35. The third-order valence-corrected chi connectivity index (χ3v) is 4.00. The van der Waals surface area contributed by atoms with Crippen LogP contribution in [0.15, 0.2) is 41.5 Å². The number of hydrazone groups is 1. The second-order valence-electron chi connectivity index (χ2n) is 5.67. The summed E-state index contributed by atoms with van der Waals surface area (Å²) < 4.78 is 43.3. The van der Waals surface area contributed by atoms with Gasteiger partial charge in [-0.1, -0.05) is 11.6 Å². The molecule has 0 aliphatic carbocycles. The molecule has 2 amide bonds. The maximum absolute atomic E-state index is 12.8. The molecular formula is C18H15ClF3N3O4. The first-order valence-corrected chi connectivity index (χ1v) is 8.30. The Morgan fingerprint density at radius 1 is 1.14 bits per heavy atom. The summed E-state index contributed by atoms with van der Waals surface area (Å²) >= 11 is 5.77. The number of amides is 2. The van der Waals surface area contributed by atoms with Crippen molar-refractivity contribution in [3.8, 4) is 11.5 Å². The molecule has 2 aromatic rings. The Morgan fingerprint density at radius 2 is 1.83 bits per heavy atom. The van der Waals surface area contributed by atoms with Crippen LogP contribution >= 0.6 is 11.6 Å². The lowest BCUT2D eigenvalue weighted by molar-refractivity contribution is -0.137. The van der Waals surface area contributed by atoms with Crippen molar-refractivity contribution in [2.24, 2.45) is 5.10 Å². The Morgan fingerprint density at radius 3 is 2.45 bits per heavy atom. The molecule has 154 valence electrons. The molecular weight excluding hydrogens is 415 g/mol. The van der Waals surface area contributed by atoms with E-state index in [9.17, 15) is 27.9 Å². The van der Waals surface area contributed by atoms with E-state index in [1.54, 1.807) is 0 Å². The Hall–Kier alpha value is -3.27. The normalized spacial score (nSPS) is 11.7. The summed E-state index contributed by atoms with van der Waals surface area (Å²) in [6, 6.07) is 6.65. The highest BCUT2D eigenvalue weighted by atomic mass is 35.5. The van der Waals surface area contributed by atoms with E-state index in [2.05, 4.69) is 5.10 Å². The van der Waals surface area contributed by atoms with Crippen LogP contribution in [0.2, 0.25) is 5.02 Å². The standard InChI is InChI=1S/C18H15ClF3N3O4/c1-9(10-3-6-14(26)15(7-10)29-2)24-25-17(28)16(27)23-13-8-11(18(20,21)22)4-5-12(13)19/h3-8,26H,1-2H3,(H,23,27)(H,25,28)/b24-9+. The van der Waals surface area contributed by atoms with Crippen molar-refractivity contribution in [3.05, 3.63) is 52.5 Å². The number of carbonyl (C=O) groups excluding carboxylic acids is 2. The van der Waals surface area contributed by atoms with Crippen LogP contribution in [0.4, 0.5) is 18.9 Å². The highest BCUT2D eigenvalue weighted by Crippen LogP contribution is 2.33. The minimum absolute atomic E-state index is 0.0922. The molecule has 0 saturated carbocycles. The zero-order chi connectivity index (χ0) is 21.8. The Balaban J connectivity index is 2.10. The number of halogens is 4. The summed E-state index contributed by atoms with van der Waals surface area (Å²) in [4.78, 5) is 23.8. The van der Waals surface area contributed by atoms with Gasteiger partial charge in [-0.25, -0.2) is 5.43 Å². The lowest BCUT2D eigenvalue weighted by Gasteiger charge is -2.11. The van der Waals surface area contributed by atoms with Gasteiger partial charge in [-0.15, -0.1) is 0 Å². The summed E-state index contributed by atoms with van der Waals surface area (Å²) in [6.45, 7) is 1.52. The van der Waals surface area contributed by atoms with Crippen molar-refractivity contribution < 1.29 is 32.6 Å². The van der Waals surface area contributed by atoms with E-state index in [0.29, 0.717) is 11.6 Å². The topological polar surface area (TPSA) is 100 Å². The number of methoxy groups -OCH3 is 1. The number of nitrogens with one attached hydrogen (secondary N) is 2. The number of phenols is 1. The number of ether oxygens (including phenoxy) is 1. The average Bonchev–Trinajstić information content (AvgIpc) is 2.66. The second kappa shape index (κ2) is 8.82. The van der Waals surface area contributed by atoms with Crippen LogP contribution in [0, 0.1) is 0 Å². The van der Waals surface area contributed by atoms with Gasteiger partial charge in [-0.3, -0.25) is 9.59 Å². The lowest BCUT2D eigenvalue weighted by atomic mass is 10.1. The number of phenolic OH excluding ortho intramolecular Hbond substituents is 1. The van der Waals surface area contributed by atoms with Gasteiger partial charge in [-0.05, 0) is 43.3 Å². The fraction of sp³-hybridized carbons (Fsp3) is 0.167. The first-order valence-electron chi connectivity index (χ1n) is 7.92. The molecule has 0 fully saturated rings. The first-order chi connectivity index (χ1) is 13.5. The van der Waals surface area contributed by atoms with E-state index < -0.39 is 23.6 Å². The molecule has 0 unspecified atom stereocenters. The SMILES string of the molecule is COc1cc(/C(C)=N/NC(=O)C(=O)Nc2cc(C(F)(F)F)ccc2Cl)ccc1O.